The molecule has 0 spiro atoms. The molecule has 1 N–H and O–H groups in total. The third-order valence-corrected chi connectivity index (χ3v) is 3.95. The maximum absolute atomic E-state index is 3.73. The molecule has 0 bridgehead atoms. The van der Waals surface area contributed by atoms with Crippen molar-refractivity contribution in [3.05, 3.63) is 0 Å². The summed E-state index contributed by atoms with van der Waals surface area (Å²) in [5, 5.41) is 3.73. The minimum Gasteiger partial charge on any atom is -0.311 e. The van der Waals surface area contributed by atoms with Crippen molar-refractivity contribution in [3.8, 4) is 0 Å². The molecule has 64 valence electrons. The normalized spacial score (nSPS) is 39.0. The van der Waals surface area contributed by atoms with E-state index in [0.717, 1.165) is 18.0 Å². The van der Waals surface area contributed by atoms with Gasteiger partial charge < -0.3 is 5.32 Å². The van der Waals surface area contributed by atoms with Crippen LogP contribution in [0.15, 0.2) is 0 Å². The van der Waals surface area contributed by atoms with Crippen molar-refractivity contribution in [2.24, 2.45) is 5.92 Å². The Morgan fingerprint density at radius 1 is 1.27 bits per heavy atom. The molecule has 2 rings (SSSR count). The molecule has 1 nitrogen and oxygen atoms in total. The highest BCUT2D eigenvalue weighted by Crippen LogP contribution is 2.27. The molecule has 1 aliphatic carbocycles. The molecule has 1 heterocycles. The van der Waals surface area contributed by atoms with E-state index in [9.17, 15) is 0 Å². The van der Waals surface area contributed by atoms with Crippen LogP contribution >= 0.6 is 11.8 Å². The summed E-state index contributed by atoms with van der Waals surface area (Å²) in [6, 6.07) is 1.73. The predicted octanol–water partition coefficient (Wildman–Crippen LogP) is 1.88. The monoisotopic (exact) mass is 171 g/mol. The summed E-state index contributed by atoms with van der Waals surface area (Å²) < 4.78 is 0. The summed E-state index contributed by atoms with van der Waals surface area (Å²) in [7, 11) is 0. The van der Waals surface area contributed by atoms with Crippen LogP contribution in [-0.2, 0) is 0 Å². The highest BCUT2D eigenvalue weighted by Gasteiger charge is 2.28. The SMILES string of the molecule is CC1CSCCC1NC1CC1. The van der Waals surface area contributed by atoms with Gasteiger partial charge in [0.1, 0.15) is 0 Å². The maximum Gasteiger partial charge on any atom is 0.0111 e. The van der Waals surface area contributed by atoms with Gasteiger partial charge in [-0.15, -0.1) is 0 Å². The lowest BCUT2D eigenvalue weighted by Gasteiger charge is -2.29. The van der Waals surface area contributed by atoms with Gasteiger partial charge in [-0.25, -0.2) is 0 Å². The third-order valence-electron chi connectivity index (χ3n) is 2.67. The second-order valence-electron chi connectivity index (χ2n) is 3.89. The Bertz CT molecular complexity index is 134. The van der Waals surface area contributed by atoms with Gasteiger partial charge in [0, 0.05) is 12.1 Å². The smallest absolute Gasteiger partial charge is 0.0111 e. The van der Waals surface area contributed by atoms with Crippen molar-refractivity contribution in [2.75, 3.05) is 11.5 Å². The molecule has 1 aliphatic heterocycles. The first-order valence-electron chi connectivity index (χ1n) is 4.70. The van der Waals surface area contributed by atoms with E-state index in [1.165, 1.54) is 30.8 Å². The van der Waals surface area contributed by atoms with Crippen LogP contribution in [0.2, 0.25) is 0 Å². The lowest BCUT2D eigenvalue weighted by atomic mass is 10.0. The first-order chi connectivity index (χ1) is 5.36. The summed E-state index contributed by atoms with van der Waals surface area (Å²) in [6.45, 7) is 2.38. The van der Waals surface area contributed by atoms with Gasteiger partial charge in [0.15, 0.2) is 0 Å². The van der Waals surface area contributed by atoms with Crippen molar-refractivity contribution in [2.45, 2.75) is 38.3 Å². The molecular formula is C9H17NS. The van der Waals surface area contributed by atoms with Crippen molar-refractivity contribution in [3.63, 3.8) is 0 Å². The molecule has 0 amide bonds. The number of thioether (sulfide) groups is 1. The van der Waals surface area contributed by atoms with E-state index in [0.29, 0.717) is 0 Å². The van der Waals surface area contributed by atoms with Gasteiger partial charge in [0.2, 0.25) is 0 Å². The van der Waals surface area contributed by atoms with E-state index in [2.05, 4.69) is 24.0 Å². The molecule has 0 radical (unpaired) electrons. The molecule has 11 heavy (non-hydrogen) atoms. The lowest BCUT2D eigenvalue weighted by Crippen LogP contribution is -2.40. The Morgan fingerprint density at radius 2 is 2.09 bits per heavy atom. The van der Waals surface area contributed by atoms with E-state index >= 15 is 0 Å². The highest BCUT2D eigenvalue weighted by molar-refractivity contribution is 7.99. The van der Waals surface area contributed by atoms with Crippen LogP contribution in [0, 0.1) is 5.92 Å². The van der Waals surface area contributed by atoms with Gasteiger partial charge in [0.25, 0.3) is 0 Å². The zero-order valence-corrected chi connectivity index (χ0v) is 7.99. The standard InChI is InChI=1S/C9H17NS/c1-7-6-11-5-4-9(7)10-8-2-3-8/h7-10H,2-6H2,1H3. The van der Waals surface area contributed by atoms with E-state index in [-0.39, 0.29) is 0 Å². The molecule has 2 fully saturated rings. The van der Waals surface area contributed by atoms with Gasteiger partial charge in [-0.3, -0.25) is 0 Å². The van der Waals surface area contributed by atoms with Crippen LogP contribution in [0.25, 0.3) is 0 Å². The molecule has 2 unspecified atom stereocenters. The highest BCUT2D eigenvalue weighted by atomic mass is 32.2. The summed E-state index contributed by atoms with van der Waals surface area (Å²) >= 11 is 2.11. The average molecular weight is 171 g/mol. The van der Waals surface area contributed by atoms with Crippen LogP contribution in [0.4, 0.5) is 0 Å². The van der Waals surface area contributed by atoms with E-state index in [1.807, 2.05) is 0 Å². The van der Waals surface area contributed by atoms with Crippen LogP contribution in [0.3, 0.4) is 0 Å². The molecule has 2 aliphatic rings. The fourth-order valence-electron chi connectivity index (χ4n) is 1.68. The van der Waals surface area contributed by atoms with Crippen molar-refractivity contribution >= 4 is 11.8 Å². The molecule has 2 heteroatoms. The molecule has 0 aromatic rings. The van der Waals surface area contributed by atoms with Gasteiger partial charge in [0.05, 0.1) is 0 Å². The fourth-order valence-corrected chi connectivity index (χ4v) is 2.87. The number of nitrogens with one attached hydrogen (secondary N) is 1. The molecule has 1 saturated carbocycles. The Labute approximate surface area is 73.3 Å². The largest absolute Gasteiger partial charge is 0.311 e. The quantitative estimate of drug-likeness (QED) is 0.681. The van der Waals surface area contributed by atoms with Crippen LogP contribution in [0.5, 0.6) is 0 Å². The van der Waals surface area contributed by atoms with Crippen molar-refractivity contribution in [1.29, 1.82) is 0 Å². The molecular weight excluding hydrogens is 154 g/mol. The molecule has 0 aromatic heterocycles. The van der Waals surface area contributed by atoms with E-state index in [1.54, 1.807) is 0 Å². The van der Waals surface area contributed by atoms with Gasteiger partial charge in [-0.1, -0.05) is 6.92 Å². The summed E-state index contributed by atoms with van der Waals surface area (Å²) in [5.74, 6) is 3.63. The van der Waals surface area contributed by atoms with Crippen LogP contribution < -0.4 is 5.32 Å². The second kappa shape index (κ2) is 3.36. The number of rotatable bonds is 2. The Morgan fingerprint density at radius 3 is 2.73 bits per heavy atom. The zero-order valence-electron chi connectivity index (χ0n) is 7.18. The summed E-state index contributed by atoms with van der Waals surface area (Å²) in [5.41, 5.74) is 0. The molecule has 0 aromatic carbocycles. The summed E-state index contributed by atoms with van der Waals surface area (Å²) in [6.07, 6.45) is 4.25. The minimum atomic E-state index is 0.837. The van der Waals surface area contributed by atoms with E-state index < -0.39 is 0 Å². The first-order valence-corrected chi connectivity index (χ1v) is 5.85. The zero-order chi connectivity index (χ0) is 7.68. The summed E-state index contributed by atoms with van der Waals surface area (Å²) in [4.78, 5) is 0. The topological polar surface area (TPSA) is 12.0 Å². The second-order valence-corrected chi connectivity index (χ2v) is 5.04. The predicted molar refractivity (Wildman–Crippen MR) is 51.1 cm³/mol. The van der Waals surface area contributed by atoms with E-state index in [4.69, 9.17) is 0 Å². The Kier molecular flexibility index (Phi) is 2.42. The van der Waals surface area contributed by atoms with Crippen LogP contribution in [0.1, 0.15) is 26.2 Å². The molecule has 1 saturated heterocycles. The van der Waals surface area contributed by atoms with Gasteiger partial charge in [-0.05, 0) is 36.7 Å². The van der Waals surface area contributed by atoms with Gasteiger partial charge >= 0.3 is 0 Å². The third kappa shape index (κ3) is 2.12. The maximum atomic E-state index is 3.73. The lowest BCUT2D eigenvalue weighted by molar-refractivity contribution is 0.385. The van der Waals surface area contributed by atoms with Gasteiger partial charge in [-0.2, -0.15) is 11.8 Å². The number of hydrogen-bond acceptors (Lipinski definition) is 2. The Hall–Kier alpha value is 0.310. The number of hydrogen-bond donors (Lipinski definition) is 1. The Balaban J connectivity index is 1.78. The first kappa shape index (κ1) is 7.93. The van der Waals surface area contributed by atoms with Crippen LogP contribution in [-0.4, -0.2) is 23.6 Å². The average Bonchev–Trinajstić information content (AvgIpc) is 2.78. The fraction of sp³-hybridized carbons (Fsp3) is 1.00. The van der Waals surface area contributed by atoms with Crippen molar-refractivity contribution in [1.82, 2.24) is 5.32 Å². The van der Waals surface area contributed by atoms with Crippen molar-refractivity contribution < 1.29 is 0 Å². The minimum absolute atomic E-state index is 0.837. The molecule has 2 atom stereocenters.